The van der Waals surface area contributed by atoms with E-state index in [1.807, 2.05) is 0 Å². The van der Waals surface area contributed by atoms with Crippen LogP contribution in [0.4, 0.5) is 13.2 Å². The summed E-state index contributed by atoms with van der Waals surface area (Å²) in [6.45, 7) is -0.0121. The molecule has 0 radical (unpaired) electrons. The van der Waals surface area contributed by atoms with Gasteiger partial charge in [0.1, 0.15) is 0 Å². The molecule has 0 aliphatic carbocycles. The SMILES string of the molecule is CN(Cc1ccsc1)C(=O)C(F)(F)F. The molecule has 78 valence electrons. The molecule has 6 heteroatoms. The molecular formula is C8H8F3NOS. The van der Waals surface area contributed by atoms with Crippen LogP contribution in [-0.2, 0) is 11.3 Å². The molecular weight excluding hydrogens is 215 g/mol. The zero-order chi connectivity index (χ0) is 10.8. The van der Waals surface area contributed by atoms with Gasteiger partial charge in [0.2, 0.25) is 0 Å². The topological polar surface area (TPSA) is 20.3 Å². The zero-order valence-corrected chi connectivity index (χ0v) is 8.15. The van der Waals surface area contributed by atoms with Gasteiger partial charge in [-0.25, -0.2) is 0 Å². The molecule has 1 rings (SSSR count). The lowest BCUT2D eigenvalue weighted by molar-refractivity contribution is -0.184. The number of carbonyl (C=O) groups is 1. The second-order valence-electron chi connectivity index (χ2n) is 2.79. The Kier molecular flexibility index (Phi) is 3.15. The van der Waals surface area contributed by atoms with Gasteiger partial charge in [-0.1, -0.05) is 0 Å². The predicted molar refractivity (Wildman–Crippen MR) is 46.8 cm³/mol. The fourth-order valence-corrected chi connectivity index (χ4v) is 1.60. The van der Waals surface area contributed by atoms with E-state index in [9.17, 15) is 18.0 Å². The number of halogens is 3. The average molecular weight is 223 g/mol. The molecule has 1 amide bonds. The van der Waals surface area contributed by atoms with Gasteiger partial charge in [-0.05, 0) is 22.4 Å². The highest BCUT2D eigenvalue weighted by molar-refractivity contribution is 7.07. The number of nitrogens with zero attached hydrogens (tertiary/aromatic N) is 1. The number of hydrogen-bond acceptors (Lipinski definition) is 2. The van der Waals surface area contributed by atoms with E-state index in [2.05, 4.69) is 0 Å². The molecule has 0 aliphatic rings. The molecule has 0 unspecified atom stereocenters. The first kappa shape index (κ1) is 11.0. The molecule has 0 fully saturated rings. The summed E-state index contributed by atoms with van der Waals surface area (Å²) in [6.07, 6.45) is -4.79. The van der Waals surface area contributed by atoms with E-state index in [0.29, 0.717) is 10.5 Å². The van der Waals surface area contributed by atoms with E-state index in [1.54, 1.807) is 16.8 Å². The molecule has 0 aromatic carbocycles. The highest BCUT2D eigenvalue weighted by atomic mass is 32.1. The van der Waals surface area contributed by atoms with Crippen molar-refractivity contribution in [2.45, 2.75) is 12.7 Å². The van der Waals surface area contributed by atoms with Crippen molar-refractivity contribution in [1.29, 1.82) is 0 Å². The molecule has 0 N–H and O–H groups in total. The largest absolute Gasteiger partial charge is 0.471 e. The lowest BCUT2D eigenvalue weighted by Crippen LogP contribution is -2.37. The van der Waals surface area contributed by atoms with Crippen molar-refractivity contribution in [3.05, 3.63) is 22.4 Å². The van der Waals surface area contributed by atoms with Gasteiger partial charge in [0, 0.05) is 13.6 Å². The Bertz CT molecular complexity index is 307. The van der Waals surface area contributed by atoms with E-state index in [1.165, 1.54) is 11.3 Å². The quantitative estimate of drug-likeness (QED) is 0.753. The van der Waals surface area contributed by atoms with Crippen LogP contribution in [0.3, 0.4) is 0 Å². The Morgan fingerprint density at radius 3 is 2.64 bits per heavy atom. The first-order valence-electron chi connectivity index (χ1n) is 3.74. The fourth-order valence-electron chi connectivity index (χ4n) is 0.945. The van der Waals surface area contributed by atoms with Gasteiger partial charge in [-0.3, -0.25) is 4.79 Å². The second kappa shape index (κ2) is 4.00. The van der Waals surface area contributed by atoms with Gasteiger partial charge < -0.3 is 4.90 Å². The summed E-state index contributed by atoms with van der Waals surface area (Å²) in [5.74, 6) is -1.82. The van der Waals surface area contributed by atoms with Crippen molar-refractivity contribution in [2.75, 3.05) is 7.05 Å². The standard InChI is InChI=1S/C8H8F3NOS/c1-12(7(13)8(9,10)11)4-6-2-3-14-5-6/h2-3,5H,4H2,1H3. The van der Waals surface area contributed by atoms with Crippen LogP contribution in [0.15, 0.2) is 16.8 Å². The molecule has 0 bridgehead atoms. The molecule has 1 aromatic heterocycles. The maximum atomic E-state index is 11.9. The summed E-state index contributed by atoms with van der Waals surface area (Å²) in [4.78, 5) is 11.3. The van der Waals surface area contributed by atoms with Crippen LogP contribution < -0.4 is 0 Å². The highest BCUT2D eigenvalue weighted by Gasteiger charge is 2.41. The van der Waals surface area contributed by atoms with Gasteiger partial charge in [0.15, 0.2) is 0 Å². The van der Waals surface area contributed by atoms with Crippen molar-refractivity contribution in [1.82, 2.24) is 4.90 Å². The minimum absolute atomic E-state index is 0.0121. The third-order valence-corrected chi connectivity index (χ3v) is 2.32. The van der Waals surface area contributed by atoms with Crippen LogP contribution >= 0.6 is 11.3 Å². The van der Waals surface area contributed by atoms with Crippen LogP contribution in [0.2, 0.25) is 0 Å². The van der Waals surface area contributed by atoms with Gasteiger partial charge in [0.05, 0.1) is 0 Å². The lowest BCUT2D eigenvalue weighted by atomic mass is 10.3. The summed E-state index contributed by atoms with van der Waals surface area (Å²) in [5, 5.41) is 3.46. The maximum Gasteiger partial charge on any atom is 0.471 e. The van der Waals surface area contributed by atoms with Crippen LogP contribution in [0.1, 0.15) is 5.56 Å². The summed E-state index contributed by atoms with van der Waals surface area (Å²) in [5.41, 5.74) is 0.704. The average Bonchev–Trinajstić information content (AvgIpc) is 2.53. The molecule has 0 aliphatic heterocycles. The minimum atomic E-state index is -4.79. The third-order valence-electron chi connectivity index (χ3n) is 1.59. The molecule has 0 saturated carbocycles. The molecule has 1 aromatic rings. The lowest BCUT2D eigenvalue weighted by Gasteiger charge is -2.17. The number of carbonyl (C=O) groups excluding carboxylic acids is 1. The maximum absolute atomic E-state index is 11.9. The molecule has 0 atom stereocenters. The number of hydrogen-bond donors (Lipinski definition) is 0. The van der Waals surface area contributed by atoms with Gasteiger partial charge in [0.25, 0.3) is 0 Å². The van der Waals surface area contributed by atoms with Gasteiger partial charge in [-0.2, -0.15) is 24.5 Å². The summed E-state index contributed by atoms with van der Waals surface area (Å²) >= 11 is 1.38. The van der Waals surface area contributed by atoms with Crippen LogP contribution in [-0.4, -0.2) is 24.0 Å². The number of thiophene rings is 1. The van der Waals surface area contributed by atoms with Gasteiger partial charge >= 0.3 is 12.1 Å². The van der Waals surface area contributed by atoms with Gasteiger partial charge in [-0.15, -0.1) is 0 Å². The first-order chi connectivity index (χ1) is 6.41. The smallest absolute Gasteiger partial charge is 0.334 e. The molecule has 2 nitrogen and oxygen atoms in total. The Morgan fingerprint density at radius 1 is 1.57 bits per heavy atom. The summed E-state index contributed by atoms with van der Waals surface area (Å²) in [6, 6.07) is 1.69. The molecule has 14 heavy (non-hydrogen) atoms. The molecule has 0 saturated heterocycles. The van der Waals surface area contributed by atoms with E-state index < -0.39 is 12.1 Å². The Balaban J connectivity index is 2.59. The Morgan fingerprint density at radius 2 is 2.21 bits per heavy atom. The van der Waals surface area contributed by atoms with Crippen molar-refractivity contribution in [2.24, 2.45) is 0 Å². The van der Waals surface area contributed by atoms with Crippen molar-refractivity contribution in [3.8, 4) is 0 Å². The van der Waals surface area contributed by atoms with E-state index in [-0.39, 0.29) is 6.54 Å². The monoisotopic (exact) mass is 223 g/mol. The summed E-state index contributed by atoms with van der Waals surface area (Å²) in [7, 11) is 1.13. The number of rotatable bonds is 2. The highest BCUT2D eigenvalue weighted by Crippen LogP contribution is 2.19. The Hall–Kier alpha value is -1.04. The van der Waals surface area contributed by atoms with Crippen molar-refractivity contribution in [3.63, 3.8) is 0 Å². The predicted octanol–water partition coefficient (Wildman–Crippen LogP) is 2.27. The Labute approximate surface area is 82.9 Å². The fraction of sp³-hybridized carbons (Fsp3) is 0.375. The van der Waals surface area contributed by atoms with E-state index in [4.69, 9.17) is 0 Å². The molecule has 0 spiro atoms. The number of amides is 1. The normalized spacial score (nSPS) is 11.4. The summed E-state index contributed by atoms with van der Waals surface area (Å²) < 4.78 is 35.8. The van der Waals surface area contributed by atoms with Crippen LogP contribution in [0.5, 0.6) is 0 Å². The first-order valence-corrected chi connectivity index (χ1v) is 4.69. The zero-order valence-electron chi connectivity index (χ0n) is 7.34. The molecule has 1 heterocycles. The van der Waals surface area contributed by atoms with Crippen molar-refractivity contribution >= 4 is 17.2 Å². The minimum Gasteiger partial charge on any atom is -0.334 e. The van der Waals surface area contributed by atoms with Crippen molar-refractivity contribution < 1.29 is 18.0 Å². The van der Waals surface area contributed by atoms with Crippen LogP contribution in [0, 0.1) is 0 Å². The van der Waals surface area contributed by atoms with Crippen LogP contribution in [0.25, 0.3) is 0 Å². The number of alkyl halides is 3. The second-order valence-corrected chi connectivity index (χ2v) is 3.57. The van der Waals surface area contributed by atoms with E-state index in [0.717, 1.165) is 7.05 Å². The van der Waals surface area contributed by atoms with E-state index >= 15 is 0 Å². The third kappa shape index (κ3) is 2.73.